The molecular formula is C10H6N10O. The van der Waals surface area contributed by atoms with Crippen LogP contribution in [0.15, 0.2) is 30.4 Å². The van der Waals surface area contributed by atoms with Crippen LogP contribution in [0.2, 0.25) is 0 Å². The quantitative estimate of drug-likeness (QED) is 0.316. The van der Waals surface area contributed by atoms with E-state index in [0.717, 1.165) is 0 Å². The first-order valence-electron chi connectivity index (χ1n) is 5.80. The second kappa shape index (κ2) is 4.26. The normalized spacial score (nSPS) is 12.3. The van der Waals surface area contributed by atoms with Crippen molar-refractivity contribution in [3.8, 4) is 0 Å². The van der Waals surface area contributed by atoms with Crippen molar-refractivity contribution in [2.24, 2.45) is 5.11 Å². The SMILES string of the molecule is [O-][N+](=Nc1ncnc2nc[nH]c12)c1ncnc2nc[nH]c12. The molecule has 0 radical (unpaired) electrons. The number of rotatable bonds is 2. The fourth-order valence-corrected chi connectivity index (χ4v) is 1.86. The first-order chi connectivity index (χ1) is 10.3. The first-order valence-corrected chi connectivity index (χ1v) is 5.80. The smallest absolute Gasteiger partial charge is 0.376 e. The summed E-state index contributed by atoms with van der Waals surface area (Å²) in [4.78, 5) is 29.6. The van der Waals surface area contributed by atoms with Crippen LogP contribution >= 0.6 is 0 Å². The molecule has 0 unspecified atom stereocenters. The highest BCUT2D eigenvalue weighted by Gasteiger charge is 2.16. The molecule has 0 spiro atoms. The Labute approximate surface area is 115 Å². The minimum Gasteiger partial charge on any atom is -0.690 e. The number of fused-ring (bicyclic) bond motifs is 2. The molecule has 0 saturated carbocycles. The molecule has 0 aliphatic heterocycles. The summed E-state index contributed by atoms with van der Waals surface area (Å²) in [6.45, 7) is 0. The lowest BCUT2D eigenvalue weighted by atomic mass is 10.5. The molecule has 0 aliphatic carbocycles. The van der Waals surface area contributed by atoms with Crippen molar-refractivity contribution < 1.29 is 4.86 Å². The van der Waals surface area contributed by atoms with Crippen LogP contribution in [0.3, 0.4) is 0 Å². The highest BCUT2D eigenvalue weighted by atomic mass is 16.5. The van der Waals surface area contributed by atoms with Crippen LogP contribution in [0, 0.1) is 5.21 Å². The Morgan fingerprint density at radius 3 is 2.33 bits per heavy atom. The van der Waals surface area contributed by atoms with Crippen molar-refractivity contribution in [1.82, 2.24) is 39.9 Å². The van der Waals surface area contributed by atoms with Gasteiger partial charge in [-0.15, -0.1) is 4.86 Å². The molecule has 2 N–H and O–H groups in total. The molecular weight excluding hydrogens is 276 g/mol. The monoisotopic (exact) mass is 282 g/mol. The summed E-state index contributed by atoms with van der Waals surface area (Å²) in [7, 11) is 0. The zero-order valence-corrected chi connectivity index (χ0v) is 10.3. The Kier molecular flexibility index (Phi) is 2.30. The predicted octanol–water partition coefficient (Wildman–Crippen LogP) is 0.945. The standard InChI is InChI=1S/C10H6N10O/c21-20(10-6-8(14-2-12-6)16-4-18-10)19-9-5-7(13-1-11-5)15-3-17-9/h1-4H,(H,11,13,15,17)(H,12,14,16,18). The van der Waals surface area contributed by atoms with Gasteiger partial charge >= 0.3 is 5.82 Å². The second-order valence-corrected chi connectivity index (χ2v) is 3.97. The number of aromatic nitrogens is 8. The van der Waals surface area contributed by atoms with Crippen LogP contribution in [-0.4, -0.2) is 44.7 Å². The summed E-state index contributed by atoms with van der Waals surface area (Å²) in [6, 6.07) is 0. The van der Waals surface area contributed by atoms with E-state index in [1.807, 2.05) is 0 Å². The molecule has 4 aromatic heterocycles. The lowest BCUT2D eigenvalue weighted by molar-refractivity contribution is -0.438. The number of aromatic amines is 2. The summed E-state index contributed by atoms with van der Waals surface area (Å²) < 4.78 is 0. The van der Waals surface area contributed by atoms with Crippen LogP contribution in [0.5, 0.6) is 0 Å². The van der Waals surface area contributed by atoms with Crippen LogP contribution in [0.1, 0.15) is 0 Å². The van der Waals surface area contributed by atoms with Crippen molar-refractivity contribution in [2.75, 3.05) is 0 Å². The maximum Gasteiger partial charge on any atom is 0.376 e. The maximum atomic E-state index is 12.2. The van der Waals surface area contributed by atoms with Gasteiger partial charge in [0.25, 0.3) is 0 Å². The van der Waals surface area contributed by atoms with Crippen molar-refractivity contribution in [3.05, 3.63) is 30.5 Å². The largest absolute Gasteiger partial charge is 0.690 e. The molecule has 0 aliphatic rings. The van der Waals surface area contributed by atoms with E-state index in [1.165, 1.54) is 25.3 Å². The Bertz CT molecular complexity index is 970. The average Bonchev–Trinajstić information content (AvgIpc) is 3.15. The summed E-state index contributed by atoms with van der Waals surface area (Å²) in [5.41, 5.74) is 1.66. The summed E-state index contributed by atoms with van der Waals surface area (Å²) in [6.07, 6.45) is 5.39. The number of nitrogens with zero attached hydrogens (tertiary/aromatic N) is 8. The Morgan fingerprint density at radius 1 is 0.857 bits per heavy atom. The predicted molar refractivity (Wildman–Crippen MR) is 68.7 cm³/mol. The van der Waals surface area contributed by atoms with Gasteiger partial charge in [-0.3, -0.25) is 0 Å². The van der Waals surface area contributed by atoms with Gasteiger partial charge in [0, 0.05) is 0 Å². The van der Waals surface area contributed by atoms with Gasteiger partial charge in [-0.2, -0.15) is 4.98 Å². The molecule has 0 fully saturated rings. The number of H-pyrrole nitrogens is 2. The number of imidazole rings is 2. The van der Waals surface area contributed by atoms with Crippen LogP contribution in [0.4, 0.5) is 11.6 Å². The van der Waals surface area contributed by atoms with Crippen LogP contribution < -0.4 is 0 Å². The number of nitrogens with one attached hydrogen (secondary N) is 2. The zero-order chi connectivity index (χ0) is 14.2. The lowest BCUT2D eigenvalue weighted by Crippen LogP contribution is -1.97. The van der Waals surface area contributed by atoms with Crippen molar-refractivity contribution in [3.63, 3.8) is 0 Å². The van der Waals surface area contributed by atoms with E-state index in [2.05, 4.69) is 45.0 Å². The van der Waals surface area contributed by atoms with Gasteiger partial charge in [-0.25, -0.2) is 19.9 Å². The molecule has 4 rings (SSSR count). The molecule has 0 amide bonds. The van der Waals surface area contributed by atoms with Crippen molar-refractivity contribution in [2.45, 2.75) is 0 Å². The van der Waals surface area contributed by atoms with Gasteiger partial charge in [0.15, 0.2) is 16.8 Å². The molecule has 21 heavy (non-hydrogen) atoms. The molecule has 11 nitrogen and oxygen atoms in total. The lowest BCUT2D eigenvalue weighted by Gasteiger charge is -2.02. The zero-order valence-electron chi connectivity index (χ0n) is 10.3. The van der Waals surface area contributed by atoms with Crippen molar-refractivity contribution >= 4 is 34.0 Å². The van der Waals surface area contributed by atoms with Crippen LogP contribution in [-0.2, 0) is 0 Å². The van der Waals surface area contributed by atoms with Gasteiger partial charge < -0.3 is 15.2 Å². The molecule has 0 aromatic carbocycles. The minimum absolute atomic E-state index is 0.0452. The fourth-order valence-electron chi connectivity index (χ4n) is 1.86. The summed E-state index contributed by atoms with van der Waals surface area (Å²) in [5, 5.41) is 16.1. The first kappa shape index (κ1) is 11.3. The molecule has 11 heteroatoms. The third-order valence-electron chi connectivity index (χ3n) is 2.77. The Balaban J connectivity index is 1.89. The topological polar surface area (TPSA) is 147 Å². The fraction of sp³-hybridized carbons (Fsp3) is 0. The van der Waals surface area contributed by atoms with Crippen LogP contribution in [0.25, 0.3) is 22.3 Å². The van der Waals surface area contributed by atoms with E-state index in [1.54, 1.807) is 0 Å². The minimum atomic E-state index is 0.0452. The highest BCUT2D eigenvalue weighted by molar-refractivity contribution is 5.80. The van der Waals surface area contributed by atoms with Gasteiger partial charge in [0.2, 0.25) is 12.1 Å². The number of hydrogen-bond acceptors (Lipinski definition) is 8. The molecule has 4 heterocycles. The number of azo groups is 1. The van der Waals surface area contributed by atoms with E-state index in [0.29, 0.717) is 27.2 Å². The Hall–Kier alpha value is -3.50. The third-order valence-corrected chi connectivity index (χ3v) is 2.77. The number of hydrogen-bond donors (Lipinski definition) is 2. The molecule has 0 atom stereocenters. The van der Waals surface area contributed by atoms with Crippen molar-refractivity contribution in [1.29, 1.82) is 0 Å². The average molecular weight is 282 g/mol. The summed E-state index contributed by atoms with van der Waals surface area (Å²) in [5.74, 6) is 0.211. The Morgan fingerprint density at radius 2 is 1.52 bits per heavy atom. The van der Waals surface area contributed by atoms with E-state index in [9.17, 15) is 5.21 Å². The molecule has 102 valence electrons. The van der Waals surface area contributed by atoms with E-state index < -0.39 is 0 Å². The van der Waals surface area contributed by atoms with Gasteiger partial charge in [-0.1, -0.05) is 5.11 Å². The third kappa shape index (κ3) is 1.75. The van der Waals surface area contributed by atoms with Gasteiger partial charge in [-0.05, 0) is 4.98 Å². The highest BCUT2D eigenvalue weighted by Crippen LogP contribution is 2.22. The molecule has 0 bridgehead atoms. The molecule has 0 saturated heterocycles. The maximum absolute atomic E-state index is 12.2. The second-order valence-electron chi connectivity index (χ2n) is 3.97. The summed E-state index contributed by atoms with van der Waals surface area (Å²) >= 11 is 0. The van der Waals surface area contributed by atoms with E-state index in [-0.39, 0.29) is 11.6 Å². The van der Waals surface area contributed by atoms with E-state index >= 15 is 0 Å². The van der Waals surface area contributed by atoms with E-state index in [4.69, 9.17) is 0 Å². The van der Waals surface area contributed by atoms with Gasteiger partial charge in [0.05, 0.1) is 12.7 Å². The molecule has 4 aromatic rings. The van der Waals surface area contributed by atoms with Gasteiger partial charge in [0.1, 0.15) is 11.8 Å².